The lowest BCUT2D eigenvalue weighted by atomic mass is 9.52. The highest BCUT2D eigenvalue weighted by Crippen LogP contribution is 2.68. The van der Waals surface area contributed by atoms with E-state index in [1.807, 2.05) is 0 Å². The third-order valence-electron chi connectivity index (χ3n) is 26.4. The summed E-state index contributed by atoms with van der Waals surface area (Å²) < 4.78 is 0. The Morgan fingerprint density at radius 1 is 0.284 bits per heavy atom. The van der Waals surface area contributed by atoms with Crippen LogP contribution in [-0.2, 0) is 38.4 Å². The summed E-state index contributed by atoms with van der Waals surface area (Å²) in [4.78, 5) is 101. The van der Waals surface area contributed by atoms with Crippen molar-refractivity contribution >= 4 is 47.3 Å². The zero-order valence-corrected chi connectivity index (χ0v) is 57.3. The van der Waals surface area contributed by atoms with Gasteiger partial charge in [0.1, 0.15) is 0 Å². The first-order chi connectivity index (χ1) is 45.7. The van der Waals surface area contributed by atoms with E-state index < -0.39 is 0 Å². The second kappa shape index (κ2) is 26.2. The van der Waals surface area contributed by atoms with Gasteiger partial charge in [-0.05, 0) is 262 Å². The van der Waals surface area contributed by atoms with Gasteiger partial charge in [0.25, 0.3) is 47.3 Å². The Morgan fingerprint density at radius 3 is 0.895 bits per heavy atom. The largest absolute Gasteiger partial charge is 0.275 e. The van der Waals surface area contributed by atoms with Crippen LogP contribution in [0, 0.1) is 94.7 Å². The third kappa shape index (κ3) is 11.8. The van der Waals surface area contributed by atoms with Gasteiger partial charge in [-0.3, -0.25) is 58.0 Å². The number of carbonyl (C=O) groups is 8. The lowest BCUT2D eigenvalue weighted by molar-refractivity contribution is -0.139. The summed E-state index contributed by atoms with van der Waals surface area (Å²) in [6.07, 6.45) is 41.7. The van der Waals surface area contributed by atoms with Crippen LogP contribution in [0.5, 0.6) is 0 Å². The van der Waals surface area contributed by atoms with E-state index >= 15 is 0 Å². The van der Waals surface area contributed by atoms with Gasteiger partial charge in [0, 0.05) is 82.6 Å². The average Bonchev–Trinajstić information content (AvgIpc) is 1.64. The van der Waals surface area contributed by atoms with Crippen molar-refractivity contribution in [3.05, 3.63) is 176 Å². The molecular formula is C83H98N4O8. The molecule has 2 aromatic rings. The van der Waals surface area contributed by atoms with Crippen molar-refractivity contribution in [2.24, 2.45) is 94.7 Å². The number of imide groups is 4. The summed E-state index contributed by atoms with van der Waals surface area (Å²) in [6.45, 7) is 16.3. The molecule has 4 heterocycles. The summed E-state index contributed by atoms with van der Waals surface area (Å²) in [7, 11) is 0. The average molecular weight is 1280 g/mol. The Hall–Kier alpha value is -7.34. The molecule has 12 heteroatoms. The molecule has 0 aromatic heterocycles. The number of carbonyl (C=O) groups excluding carboxylic acids is 8. The number of hydrogen-bond donors (Lipinski definition) is 0. The maximum Gasteiger partial charge on any atom is 0.256 e. The Kier molecular flexibility index (Phi) is 17.9. The minimum Gasteiger partial charge on any atom is -0.275 e. The van der Waals surface area contributed by atoms with Crippen LogP contribution < -0.4 is 0 Å². The van der Waals surface area contributed by atoms with Crippen LogP contribution in [-0.4, -0.2) is 93.0 Å². The van der Waals surface area contributed by atoms with Crippen molar-refractivity contribution in [3.63, 3.8) is 0 Å². The lowest BCUT2D eigenvalue weighted by Gasteiger charge is -2.51. The minimum absolute atomic E-state index is 0.0840. The monoisotopic (exact) mass is 1280 g/mol. The zero-order chi connectivity index (χ0) is 66.4. The van der Waals surface area contributed by atoms with Gasteiger partial charge in [0.2, 0.25) is 0 Å². The van der Waals surface area contributed by atoms with Crippen molar-refractivity contribution in [1.29, 1.82) is 0 Å². The summed E-state index contributed by atoms with van der Waals surface area (Å²) in [5, 5.41) is 0. The summed E-state index contributed by atoms with van der Waals surface area (Å²) in [5.74, 6) is 12.7. The maximum atomic E-state index is 11.9. The zero-order valence-electron chi connectivity index (χ0n) is 57.3. The molecule has 5 fully saturated rings. The fourth-order valence-electron chi connectivity index (χ4n) is 20.7. The second-order valence-corrected chi connectivity index (χ2v) is 31.4. The van der Waals surface area contributed by atoms with Crippen molar-refractivity contribution in [3.8, 4) is 0 Å². The molecule has 498 valence electrons. The molecular weight excluding hydrogens is 1180 g/mol. The quantitative estimate of drug-likeness (QED) is 0.103. The Bertz CT molecular complexity index is 3640. The van der Waals surface area contributed by atoms with E-state index in [1.165, 1.54) is 77.4 Å². The van der Waals surface area contributed by atoms with Gasteiger partial charge in [-0.15, -0.1) is 0 Å². The Balaban J connectivity index is 0.000000103. The van der Waals surface area contributed by atoms with Crippen molar-refractivity contribution in [2.45, 2.75) is 164 Å². The molecule has 95 heavy (non-hydrogen) atoms. The fraction of sp³-hybridized carbons (Fsp3) is 0.542. The predicted molar refractivity (Wildman–Crippen MR) is 368 cm³/mol. The maximum absolute atomic E-state index is 11.9. The summed E-state index contributed by atoms with van der Waals surface area (Å²) in [6, 6.07) is 18.5. The van der Waals surface area contributed by atoms with Gasteiger partial charge in [-0.25, -0.2) is 0 Å². The summed E-state index contributed by atoms with van der Waals surface area (Å²) in [5.41, 5.74) is 11.5. The Labute approximate surface area is 562 Å². The predicted octanol–water partition coefficient (Wildman–Crippen LogP) is 14.7. The van der Waals surface area contributed by atoms with E-state index in [2.05, 4.69) is 109 Å². The molecule has 16 atom stereocenters. The van der Waals surface area contributed by atoms with Crippen LogP contribution in [0.2, 0.25) is 0 Å². The molecule has 5 saturated carbocycles. The summed E-state index contributed by atoms with van der Waals surface area (Å²) >= 11 is 0. The molecule has 19 rings (SSSR count). The standard InChI is InChI=1S/C21H18.C17H23NO2.C16H21NO2.C15H19NO2.C14H17NO2/c1-2-6-15-14(5-1)20-16-7-3-4-8-17(16)21(15)19-13-10-9-12(11-13)18(19)20;1-11-12(2)17(20)18(16(11)19)8-4-3-5-14-9-13-6-7-15(14)10-13;1-10-11(2)16(19)17(15(10)18)7-3-4-13-8-12-5-6-14(13)9-12;1-9-10(2)15(18)16(14(9)17)6-5-13-8-11-3-4-12(13)7-11;1-8-9(2)14(17)15(13(8)16)7-12-6-10-3-4-11(12)5-10/h1-10,12-13,18-21H,11H2;6-7,13-15H,3-5,8-10H2,1-2H3;5-6,12-14H,3-4,7-9H2,1-2H3;3-4,11-13H,5-8H2,1-2H3;3-4,10-12H,5-7H2,1-2H3. The number of allylic oxidation sites excluding steroid dienone is 10. The smallest absolute Gasteiger partial charge is 0.256 e. The highest BCUT2D eigenvalue weighted by molar-refractivity contribution is 6.20. The van der Waals surface area contributed by atoms with E-state index in [1.54, 1.807) is 77.6 Å². The number of hydrogen-bond acceptors (Lipinski definition) is 8. The molecule has 17 aliphatic rings. The topological polar surface area (TPSA) is 150 Å². The molecule has 16 unspecified atom stereocenters. The third-order valence-corrected chi connectivity index (χ3v) is 26.4. The first kappa shape index (κ1) is 65.0. The number of unbranched alkanes of at least 4 members (excludes halogenated alkanes) is 1. The van der Waals surface area contributed by atoms with Crippen LogP contribution in [0.15, 0.2) is 154 Å². The van der Waals surface area contributed by atoms with Crippen LogP contribution in [0.4, 0.5) is 0 Å². The SMILES string of the molecule is C1=CC2CC1C1C3c4ccccc4C(c4ccccc43)C21.CC1=C(C)C(=O)N(CC2CC3C=CC2C3)C1=O.CC1=C(C)C(=O)N(CCC2CC3C=CC2C3)C1=O.CC1=C(C)C(=O)N(CCCC2CC3C=CC2C3)C1=O.CC1=C(C)C(=O)N(CCCCC2CC3C=CC2C3)C1=O. The molecule has 8 amide bonds. The molecule has 13 aliphatic carbocycles. The first-order valence-corrected chi connectivity index (χ1v) is 36.5. The van der Waals surface area contributed by atoms with Gasteiger partial charge in [0.05, 0.1) is 0 Å². The molecule has 12 nitrogen and oxygen atoms in total. The van der Waals surface area contributed by atoms with Gasteiger partial charge in [0.15, 0.2) is 0 Å². The van der Waals surface area contributed by atoms with Crippen molar-refractivity contribution < 1.29 is 38.4 Å². The van der Waals surface area contributed by atoms with Gasteiger partial charge in [-0.2, -0.15) is 0 Å². The molecule has 0 spiro atoms. The van der Waals surface area contributed by atoms with Crippen LogP contribution >= 0.6 is 0 Å². The molecule has 12 bridgehead atoms. The number of amides is 8. The number of nitrogens with zero attached hydrogens (tertiary/aromatic N) is 4. The van der Waals surface area contributed by atoms with Crippen LogP contribution in [0.1, 0.15) is 186 Å². The number of fused-ring (bicyclic) bond motifs is 10. The van der Waals surface area contributed by atoms with Crippen LogP contribution in [0.25, 0.3) is 0 Å². The van der Waals surface area contributed by atoms with E-state index in [0.29, 0.717) is 112 Å². The van der Waals surface area contributed by atoms with E-state index in [4.69, 9.17) is 0 Å². The van der Waals surface area contributed by atoms with E-state index in [0.717, 1.165) is 104 Å². The fourth-order valence-corrected chi connectivity index (χ4v) is 20.7. The molecule has 0 N–H and O–H groups in total. The van der Waals surface area contributed by atoms with Crippen molar-refractivity contribution in [2.75, 3.05) is 26.2 Å². The normalized spacial score (nSPS) is 35.1. The van der Waals surface area contributed by atoms with E-state index in [-0.39, 0.29) is 47.3 Å². The second-order valence-electron chi connectivity index (χ2n) is 31.4. The first-order valence-electron chi connectivity index (χ1n) is 36.5. The van der Waals surface area contributed by atoms with E-state index in [9.17, 15) is 38.4 Å². The molecule has 0 saturated heterocycles. The highest BCUT2D eigenvalue weighted by atomic mass is 16.2. The van der Waals surface area contributed by atoms with Crippen molar-refractivity contribution in [1.82, 2.24) is 19.6 Å². The van der Waals surface area contributed by atoms with Gasteiger partial charge >= 0.3 is 0 Å². The molecule has 4 aliphatic heterocycles. The Morgan fingerprint density at radius 2 is 0.568 bits per heavy atom. The van der Waals surface area contributed by atoms with Gasteiger partial charge < -0.3 is 0 Å². The molecule has 2 aromatic carbocycles. The molecule has 0 radical (unpaired) electrons. The lowest BCUT2D eigenvalue weighted by Crippen LogP contribution is -2.41. The number of benzene rings is 2. The van der Waals surface area contributed by atoms with Gasteiger partial charge in [-0.1, -0.05) is 116 Å². The highest BCUT2D eigenvalue weighted by Gasteiger charge is 2.59. The van der Waals surface area contributed by atoms with Crippen LogP contribution in [0.3, 0.4) is 0 Å². The minimum atomic E-state index is -0.0876. The number of rotatable bonds is 14.